The highest BCUT2D eigenvalue weighted by Gasteiger charge is 2.37. The lowest BCUT2D eigenvalue weighted by atomic mass is 10.2. The number of fused-ring (bicyclic) bond motifs is 1. The number of nitrogens with one attached hydrogen (secondary N) is 2. The van der Waals surface area contributed by atoms with Crippen LogP contribution in [0.4, 0.5) is 10.2 Å². The Morgan fingerprint density at radius 1 is 1.02 bits per heavy atom. The molecule has 0 bridgehead atoms. The van der Waals surface area contributed by atoms with Gasteiger partial charge in [0, 0.05) is 11.6 Å². The van der Waals surface area contributed by atoms with Crippen molar-refractivity contribution in [3.63, 3.8) is 0 Å². The molecule has 0 spiro atoms. The van der Waals surface area contributed by atoms with Crippen LogP contribution in [0, 0.1) is 5.82 Å². The van der Waals surface area contributed by atoms with Gasteiger partial charge in [-0.05, 0) is 66.2 Å². The summed E-state index contributed by atoms with van der Waals surface area (Å²) in [6, 6.07) is 21.3. The number of para-hydroxylation sites is 2. The number of carbonyl (C=O) groups excluding carboxylic acids is 1. The third-order valence-electron chi connectivity index (χ3n) is 7.95. The number of nitrogens with zero attached hydrogens (tertiary/aromatic N) is 3. The van der Waals surface area contributed by atoms with E-state index in [4.69, 9.17) is 18.9 Å². The molecule has 0 saturated heterocycles. The molecule has 0 aliphatic heterocycles. The summed E-state index contributed by atoms with van der Waals surface area (Å²) in [5.74, 6) is 0.610. The molecule has 5 rings (SSSR count). The van der Waals surface area contributed by atoms with Crippen molar-refractivity contribution in [1.29, 1.82) is 0 Å². The number of imidazole rings is 1. The molecule has 2 heterocycles. The van der Waals surface area contributed by atoms with Crippen LogP contribution in [-0.4, -0.2) is 54.3 Å². The maximum Gasteiger partial charge on any atom is 0.256 e. The number of H-pyrrole nitrogens is 1. The highest BCUT2D eigenvalue weighted by molar-refractivity contribution is 6.74. The normalized spacial score (nSPS) is 12.0. The molecule has 5 aromatic rings. The molecule has 3 aromatic carbocycles. The number of anilines is 1. The number of hydrogen-bond donors (Lipinski definition) is 2. The molecule has 0 unspecified atom stereocenters. The fraction of sp³-hybridized carbons (Fsp3) is 0.303. The number of rotatable bonds is 11. The first-order valence-electron chi connectivity index (χ1n) is 14.5. The minimum Gasteiger partial charge on any atom is -0.497 e. The minimum atomic E-state index is -1.92. The van der Waals surface area contributed by atoms with Gasteiger partial charge in [0.15, 0.2) is 31.5 Å². The second kappa shape index (κ2) is 12.6. The van der Waals surface area contributed by atoms with E-state index in [2.05, 4.69) is 49.3 Å². The largest absolute Gasteiger partial charge is 0.497 e. The molecule has 44 heavy (non-hydrogen) atoms. The van der Waals surface area contributed by atoms with Gasteiger partial charge in [0.1, 0.15) is 18.1 Å². The number of ether oxygens (including phenoxy) is 2. The quantitative estimate of drug-likeness (QED) is 0.120. The number of hydrogen-bond acceptors (Lipinski definition) is 6. The minimum absolute atomic E-state index is 0.0660. The Kier molecular flexibility index (Phi) is 8.89. The Bertz CT molecular complexity index is 1730. The molecule has 230 valence electrons. The van der Waals surface area contributed by atoms with Gasteiger partial charge in [-0.15, -0.1) is 0 Å². The maximum atomic E-state index is 14.9. The molecule has 0 aliphatic carbocycles. The smallest absolute Gasteiger partial charge is 0.256 e. The van der Waals surface area contributed by atoms with Crippen LogP contribution in [0.1, 0.15) is 36.7 Å². The number of carbonyl (C=O) groups is 1. The summed E-state index contributed by atoms with van der Waals surface area (Å²) >= 11 is 0. The van der Waals surface area contributed by atoms with Crippen LogP contribution in [0.3, 0.4) is 0 Å². The lowest BCUT2D eigenvalue weighted by molar-refractivity contribution is 0.102. The molecule has 0 saturated carbocycles. The van der Waals surface area contributed by atoms with Crippen LogP contribution >= 0.6 is 0 Å². The van der Waals surface area contributed by atoms with Gasteiger partial charge in [-0.25, -0.2) is 9.37 Å². The van der Waals surface area contributed by atoms with E-state index >= 15 is 0 Å². The first kappa shape index (κ1) is 31.0. The van der Waals surface area contributed by atoms with E-state index in [0.29, 0.717) is 30.5 Å². The Hall–Kier alpha value is -4.48. The van der Waals surface area contributed by atoms with Gasteiger partial charge < -0.3 is 24.2 Å². The molecule has 11 heteroatoms. The highest BCUT2D eigenvalue weighted by Crippen LogP contribution is 2.36. The van der Waals surface area contributed by atoms with Crippen molar-refractivity contribution in [3.8, 4) is 23.0 Å². The molecule has 2 N–H and O–H groups in total. The van der Waals surface area contributed by atoms with Gasteiger partial charge in [0.2, 0.25) is 0 Å². The zero-order chi connectivity index (χ0) is 31.5. The lowest BCUT2D eigenvalue weighted by Gasteiger charge is -2.36. The zero-order valence-corrected chi connectivity index (χ0v) is 26.9. The lowest BCUT2D eigenvalue weighted by Crippen LogP contribution is -2.41. The zero-order valence-electron chi connectivity index (χ0n) is 25.9. The molecule has 0 atom stereocenters. The Balaban J connectivity index is 1.31. The summed E-state index contributed by atoms with van der Waals surface area (Å²) in [4.78, 5) is 21.2. The van der Waals surface area contributed by atoms with Crippen LogP contribution in [0.2, 0.25) is 18.1 Å². The Morgan fingerprint density at radius 2 is 1.77 bits per heavy atom. The van der Waals surface area contributed by atoms with Crippen LogP contribution in [0.5, 0.6) is 11.5 Å². The van der Waals surface area contributed by atoms with Gasteiger partial charge in [-0.2, -0.15) is 5.10 Å². The van der Waals surface area contributed by atoms with Gasteiger partial charge in [-0.1, -0.05) is 45.0 Å². The van der Waals surface area contributed by atoms with E-state index < -0.39 is 20.0 Å². The molecule has 1 amide bonds. The molecular formula is C33H38FN5O4Si. The SMILES string of the molecule is COc1ccc(Cn2nc(NC(=O)c3ccc(OCCO[Si](C)(C)C(C)(C)C)c(F)c3)cc2-c2nc3ccccc3[nH]2)cc1. The predicted octanol–water partition coefficient (Wildman–Crippen LogP) is 7.28. The second-order valence-corrected chi connectivity index (χ2v) is 16.9. The molecule has 0 aliphatic rings. The fourth-order valence-corrected chi connectivity index (χ4v) is 5.41. The third-order valence-corrected chi connectivity index (χ3v) is 12.5. The van der Waals surface area contributed by atoms with Crippen molar-refractivity contribution >= 4 is 31.1 Å². The third kappa shape index (κ3) is 7.00. The van der Waals surface area contributed by atoms with Crippen molar-refractivity contribution < 1.29 is 23.1 Å². The topological polar surface area (TPSA) is 103 Å². The molecule has 0 fully saturated rings. The Labute approximate surface area is 257 Å². The predicted molar refractivity (Wildman–Crippen MR) is 172 cm³/mol. The van der Waals surface area contributed by atoms with Crippen molar-refractivity contribution in [2.24, 2.45) is 0 Å². The average molecular weight is 616 g/mol. The van der Waals surface area contributed by atoms with Gasteiger partial charge in [0.05, 0.1) is 31.3 Å². The molecule has 9 nitrogen and oxygen atoms in total. The summed E-state index contributed by atoms with van der Waals surface area (Å²) in [5.41, 5.74) is 3.50. The second-order valence-electron chi connectivity index (χ2n) is 12.1. The van der Waals surface area contributed by atoms with Crippen LogP contribution < -0.4 is 14.8 Å². The monoisotopic (exact) mass is 615 g/mol. The van der Waals surface area contributed by atoms with Crippen LogP contribution in [-0.2, 0) is 11.0 Å². The van der Waals surface area contributed by atoms with Crippen molar-refractivity contribution in [2.45, 2.75) is 45.4 Å². The summed E-state index contributed by atoms with van der Waals surface area (Å²) in [5, 5.41) is 7.53. The average Bonchev–Trinajstić information content (AvgIpc) is 3.59. The van der Waals surface area contributed by atoms with Crippen molar-refractivity contribution in [2.75, 3.05) is 25.6 Å². The number of aromatic nitrogens is 4. The van der Waals surface area contributed by atoms with Gasteiger partial charge >= 0.3 is 0 Å². The van der Waals surface area contributed by atoms with Gasteiger partial charge in [0.25, 0.3) is 5.91 Å². The standard InChI is InChI=1S/C33H38FN5O4Si/c1-33(2,3)44(5,6)43-18-17-42-29-16-13-23(19-25(29)34)32(40)37-30-20-28(31-35-26-9-7-8-10-27(26)36-31)39(38-30)21-22-11-14-24(41-4)15-12-22/h7-16,19-20H,17-18,21H2,1-6H3,(H,35,36)(H,37,38,40). The number of halogens is 1. The molecular weight excluding hydrogens is 577 g/mol. The van der Waals surface area contributed by atoms with E-state index in [-0.39, 0.29) is 23.0 Å². The van der Waals surface area contributed by atoms with Crippen LogP contribution in [0.15, 0.2) is 72.8 Å². The van der Waals surface area contributed by atoms with Crippen LogP contribution in [0.25, 0.3) is 22.6 Å². The maximum absolute atomic E-state index is 14.9. The number of amides is 1. The van der Waals surface area contributed by atoms with E-state index in [1.807, 2.05) is 48.5 Å². The summed E-state index contributed by atoms with van der Waals surface area (Å²) < 4.78 is 33.7. The number of methoxy groups -OCH3 is 1. The fourth-order valence-electron chi connectivity index (χ4n) is 4.38. The molecule has 0 radical (unpaired) electrons. The number of benzene rings is 3. The van der Waals surface area contributed by atoms with Crippen molar-refractivity contribution in [1.82, 2.24) is 19.7 Å². The summed E-state index contributed by atoms with van der Waals surface area (Å²) in [7, 11) is -0.302. The molecule has 2 aromatic heterocycles. The van der Waals surface area contributed by atoms with E-state index in [1.165, 1.54) is 12.1 Å². The first-order chi connectivity index (χ1) is 20.9. The Morgan fingerprint density at radius 3 is 2.45 bits per heavy atom. The van der Waals surface area contributed by atoms with E-state index in [9.17, 15) is 9.18 Å². The summed E-state index contributed by atoms with van der Waals surface area (Å²) in [6.45, 7) is 11.8. The van der Waals surface area contributed by atoms with E-state index in [1.54, 1.807) is 17.9 Å². The number of aromatic amines is 1. The van der Waals surface area contributed by atoms with Crippen molar-refractivity contribution in [3.05, 3.63) is 89.7 Å². The summed E-state index contributed by atoms with van der Waals surface area (Å²) in [6.07, 6.45) is 0. The highest BCUT2D eigenvalue weighted by atomic mass is 28.4. The van der Waals surface area contributed by atoms with Gasteiger partial charge in [-0.3, -0.25) is 9.48 Å². The van der Waals surface area contributed by atoms with E-state index in [0.717, 1.165) is 28.4 Å². The first-order valence-corrected chi connectivity index (χ1v) is 17.4.